The second kappa shape index (κ2) is 12.5. The Bertz CT molecular complexity index is 2560. The molecule has 49 heavy (non-hydrogen) atoms. The van der Waals surface area contributed by atoms with E-state index < -0.39 is 0 Å². The maximum atomic E-state index is 2.41. The topological polar surface area (TPSA) is 6.48 Å². The number of hydrogen-bond donors (Lipinski definition) is 0. The first-order valence-corrected chi connectivity index (χ1v) is 17.4. The Hall–Kier alpha value is -6.16. The highest BCUT2D eigenvalue weighted by molar-refractivity contribution is 7.27. The zero-order chi connectivity index (χ0) is 32.6. The molecule has 0 unspecified atom stereocenters. The molecule has 0 spiro atoms. The number of thiophene rings is 1. The van der Waals surface area contributed by atoms with Crippen LogP contribution in [0.5, 0.6) is 0 Å². The lowest BCUT2D eigenvalue weighted by molar-refractivity contribution is 1.26. The van der Waals surface area contributed by atoms with Crippen molar-refractivity contribution in [3.05, 3.63) is 194 Å². The molecule has 232 valence electrons. The highest BCUT2D eigenvalue weighted by atomic mass is 32.1. The van der Waals surface area contributed by atoms with E-state index in [1.54, 1.807) is 0 Å². The summed E-state index contributed by atoms with van der Waals surface area (Å²) in [6.45, 7) is 0. The first kappa shape index (κ1) is 29.0. The van der Waals surface area contributed by atoms with Gasteiger partial charge in [0.15, 0.2) is 0 Å². The van der Waals surface area contributed by atoms with Crippen LogP contribution in [0.4, 0.5) is 34.1 Å². The van der Waals surface area contributed by atoms with Gasteiger partial charge in [-0.3, -0.25) is 0 Å². The molecule has 0 aliphatic carbocycles. The minimum absolute atomic E-state index is 1.09. The fourth-order valence-electron chi connectivity index (χ4n) is 6.94. The summed E-state index contributed by atoms with van der Waals surface area (Å²) >= 11 is 1.89. The minimum Gasteiger partial charge on any atom is -0.310 e. The number of rotatable bonds is 7. The van der Waals surface area contributed by atoms with Gasteiger partial charge >= 0.3 is 0 Å². The van der Waals surface area contributed by atoms with Crippen molar-refractivity contribution in [2.24, 2.45) is 0 Å². The predicted molar refractivity (Wildman–Crippen MR) is 212 cm³/mol. The molecule has 1 aromatic heterocycles. The van der Waals surface area contributed by atoms with E-state index in [0.717, 1.165) is 28.4 Å². The summed E-state index contributed by atoms with van der Waals surface area (Å²) in [5.74, 6) is 0. The highest BCUT2D eigenvalue weighted by Gasteiger charge is 2.21. The third-order valence-corrected chi connectivity index (χ3v) is 10.5. The lowest BCUT2D eigenvalue weighted by atomic mass is 10.0. The van der Waals surface area contributed by atoms with Crippen molar-refractivity contribution in [1.29, 1.82) is 0 Å². The van der Waals surface area contributed by atoms with E-state index >= 15 is 0 Å². The van der Waals surface area contributed by atoms with Gasteiger partial charge in [-0.2, -0.15) is 0 Å². The second-order valence-electron chi connectivity index (χ2n) is 12.2. The molecular weight excluding hydrogens is 613 g/mol. The number of nitrogens with zero attached hydrogens (tertiary/aromatic N) is 2. The van der Waals surface area contributed by atoms with Gasteiger partial charge in [0.25, 0.3) is 0 Å². The molecule has 0 aliphatic rings. The van der Waals surface area contributed by atoms with E-state index in [-0.39, 0.29) is 0 Å². The van der Waals surface area contributed by atoms with Crippen molar-refractivity contribution in [2.75, 3.05) is 9.80 Å². The normalized spacial score (nSPS) is 11.3. The Morgan fingerprint density at radius 2 is 0.816 bits per heavy atom. The first-order valence-electron chi connectivity index (χ1n) is 16.6. The Kier molecular flexibility index (Phi) is 7.38. The molecule has 0 atom stereocenters. The standard InChI is InChI=1S/C46H32N2S/c1-4-15-33(16-5-1)35-18-12-23-38(31-35)47(36-19-6-2-7-20-36)39-24-13-25-40(32-39)48(37-21-8-3-9-22-37)44-28-14-27-42-43-30-29-34-17-10-11-26-41(34)45(43)49-46(42)44/h1-32H. The van der Waals surface area contributed by atoms with Crippen molar-refractivity contribution in [1.82, 2.24) is 0 Å². The molecule has 0 bridgehead atoms. The van der Waals surface area contributed by atoms with Gasteiger partial charge in [-0.15, -0.1) is 11.3 Å². The molecule has 3 heteroatoms. The summed E-state index contributed by atoms with van der Waals surface area (Å²) in [5.41, 5.74) is 9.07. The van der Waals surface area contributed by atoms with Gasteiger partial charge < -0.3 is 9.80 Å². The van der Waals surface area contributed by atoms with Crippen molar-refractivity contribution in [3.8, 4) is 11.1 Å². The third-order valence-electron chi connectivity index (χ3n) is 9.20. The average molecular weight is 645 g/mol. The van der Waals surface area contributed by atoms with Crippen LogP contribution in [-0.2, 0) is 0 Å². The van der Waals surface area contributed by atoms with Crippen LogP contribution >= 0.6 is 11.3 Å². The van der Waals surface area contributed by atoms with Crippen LogP contribution in [0.25, 0.3) is 42.1 Å². The maximum Gasteiger partial charge on any atom is 0.0640 e. The van der Waals surface area contributed by atoms with Crippen LogP contribution in [-0.4, -0.2) is 0 Å². The summed E-state index contributed by atoms with van der Waals surface area (Å²) in [6.07, 6.45) is 0. The van der Waals surface area contributed by atoms with E-state index in [2.05, 4.69) is 204 Å². The van der Waals surface area contributed by atoms with E-state index in [0.29, 0.717) is 0 Å². The fourth-order valence-corrected chi connectivity index (χ4v) is 8.28. The SMILES string of the molecule is c1ccc(-c2cccc(N(c3ccccc3)c3cccc(N(c4ccccc4)c4cccc5c4sc4c6ccccc6ccc54)c3)c2)cc1. The first-order chi connectivity index (χ1) is 24.3. The van der Waals surface area contributed by atoms with E-state index in [1.807, 2.05) is 11.3 Å². The molecular formula is C46H32N2S. The second-order valence-corrected chi connectivity index (χ2v) is 13.2. The average Bonchev–Trinajstić information content (AvgIpc) is 3.57. The predicted octanol–water partition coefficient (Wildman–Crippen LogP) is 13.8. The molecule has 9 rings (SSSR count). The number of anilines is 6. The van der Waals surface area contributed by atoms with Crippen LogP contribution in [0.1, 0.15) is 0 Å². The Morgan fingerprint density at radius 1 is 0.306 bits per heavy atom. The molecule has 9 aromatic rings. The highest BCUT2D eigenvalue weighted by Crippen LogP contribution is 2.47. The Labute approximate surface area is 290 Å². The van der Waals surface area contributed by atoms with Gasteiger partial charge in [0, 0.05) is 43.9 Å². The molecule has 8 aromatic carbocycles. The largest absolute Gasteiger partial charge is 0.310 e. The van der Waals surface area contributed by atoms with Crippen molar-refractivity contribution in [2.45, 2.75) is 0 Å². The van der Waals surface area contributed by atoms with Gasteiger partial charge in [-0.25, -0.2) is 0 Å². The molecule has 0 saturated heterocycles. The van der Waals surface area contributed by atoms with Crippen LogP contribution < -0.4 is 9.80 Å². The van der Waals surface area contributed by atoms with Gasteiger partial charge in [0.1, 0.15) is 0 Å². The van der Waals surface area contributed by atoms with Crippen molar-refractivity contribution in [3.63, 3.8) is 0 Å². The van der Waals surface area contributed by atoms with Crippen LogP contribution in [0.15, 0.2) is 194 Å². The van der Waals surface area contributed by atoms with Crippen LogP contribution in [0, 0.1) is 0 Å². The molecule has 0 N–H and O–H groups in total. The number of para-hydroxylation sites is 2. The zero-order valence-corrected chi connectivity index (χ0v) is 27.6. The third kappa shape index (κ3) is 5.31. The van der Waals surface area contributed by atoms with E-state index in [4.69, 9.17) is 0 Å². The van der Waals surface area contributed by atoms with Crippen LogP contribution in [0.3, 0.4) is 0 Å². The van der Waals surface area contributed by atoms with E-state index in [9.17, 15) is 0 Å². The maximum absolute atomic E-state index is 2.41. The molecule has 1 heterocycles. The number of fused-ring (bicyclic) bond motifs is 5. The Balaban J connectivity index is 1.23. The van der Waals surface area contributed by atoms with Crippen molar-refractivity contribution < 1.29 is 0 Å². The summed E-state index contributed by atoms with van der Waals surface area (Å²) in [5, 5.41) is 5.16. The summed E-state index contributed by atoms with van der Waals surface area (Å²) in [7, 11) is 0. The van der Waals surface area contributed by atoms with Crippen molar-refractivity contribution >= 4 is 76.4 Å². The fraction of sp³-hybridized carbons (Fsp3) is 0. The van der Waals surface area contributed by atoms with Gasteiger partial charge in [-0.1, -0.05) is 133 Å². The van der Waals surface area contributed by atoms with Gasteiger partial charge in [0.05, 0.1) is 10.4 Å². The molecule has 0 amide bonds. The molecule has 0 aliphatic heterocycles. The van der Waals surface area contributed by atoms with Crippen LogP contribution in [0.2, 0.25) is 0 Å². The summed E-state index contributed by atoms with van der Waals surface area (Å²) in [4.78, 5) is 4.76. The van der Waals surface area contributed by atoms with E-state index in [1.165, 1.54) is 47.8 Å². The summed E-state index contributed by atoms with van der Waals surface area (Å²) < 4.78 is 2.61. The molecule has 0 fully saturated rings. The van der Waals surface area contributed by atoms with Gasteiger partial charge in [0.2, 0.25) is 0 Å². The molecule has 2 nitrogen and oxygen atoms in total. The summed E-state index contributed by atoms with van der Waals surface area (Å²) in [6, 6.07) is 69.7. The quantitative estimate of drug-likeness (QED) is 0.170. The number of benzene rings is 8. The monoisotopic (exact) mass is 644 g/mol. The molecule has 0 saturated carbocycles. The number of hydrogen-bond acceptors (Lipinski definition) is 3. The van der Waals surface area contributed by atoms with Gasteiger partial charge in [-0.05, 0) is 82.6 Å². The smallest absolute Gasteiger partial charge is 0.0640 e. The molecule has 0 radical (unpaired) electrons. The lowest BCUT2D eigenvalue weighted by Crippen LogP contribution is -2.13. The lowest BCUT2D eigenvalue weighted by Gasteiger charge is -2.29. The zero-order valence-electron chi connectivity index (χ0n) is 26.8. The Morgan fingerprint density at radius 3 is 1.57 bits per heavy atom. The minimum atomic E-state index is 1.09.